The Bertz CT molecular complexity index is 785. The average Bonchev–Trinajstić information content (AvgIpc) is 3.15. The van der Waals surface area contributed by atoms with E-state index in [0.717, 1.165) is 25.7 Å². The van der Waals surface area contributed by atoms with Crippen molar-refractivity contribution in [2.45, 2.75) is 50.5 Å². The zero-order valence-corrected chi connectivity index (χ0v) is 16.3. The Hall–Kier alpha value is -1.89. The molecule has 1 amide bonds. The van der Waals surface area contributed by atoms with E-state index in [1.807, 2.05) is 0 Å². The first-order chi connectivity index (χ1) is 13.4. The zero-order valence-electron chi connectivity index (χ0n) is 15.6. The van der Waals surface area contributed by atoms with Crippen molar-refractivity contribution < 1.29 is 19.4 Å². The first kappa shape index (κ1) is 18.2. The quantitative estimate of drug-likeness (QED) is 0.829. The number of amides is 1. The minimum atomic E-state index is -0.665. The molecular weight excluding hydrogens is 382 g/mol. The molecule has 1 aromatic rings. The number of hydrogen-bond donors (Lipinski definition) is 1. The monoisotopic (exact) mass is 405 g/mol. The summed E-state index contributed by atoms with van der Waals surface area (Å²) in [6.45, 7) is 1.17. The standard InChI is InChI=1S/C20H24ClN3O4/c21-15-8-22-17(23-9-15)12-1-2-24(10-12)19(27)28-16-13-3-11-4-14(16)7-20(5-11,6-13)18(25)26/h8-9,11-14,16H,1-7,10H2,(H,25,26)/t11?,12?,13-,14?,16?,20?/m0/s1. The molecule has 4 saturated carbocycles. The highest BCUT2D eigenvalue weighted by Gasteiger charge is 2.60. The smallest absolute Gasteiger partial charge is 0.410 e. The van der Waals surface area contributed by atoms with E-state index in [-0.39, 0.29) is 30.0 Å². The Morgan fingerprint density at radius 1 is 1.18 bits per heavy atom. The molecule has 0 aromatic carbocycles. The molecule has 4 aliphatic carbocycles. The van der Waals surface area contributed by atoms with Crippen LogP contribution in [0.2, 0.25) is 5.02 Å². The molecule has 8 heteroatoms. The summed E-state index contributed by atoms with van der Waals surface area (Å²) in [5, 5.41) is 10.2. The molecule has 1 aliphatic heterocycles. The summed E-state index contributed by atoms with van der Waals surface area (Å²) >= 11 is 5.85. The van der Waals surface area contributed by atoms with Gasteiger partial charge in [-0.2, -0.15) is 0 Å². The molecule has 4 bridgehead atoms. The molecule has 0 radical (unpaired) electrons. The number of nitrogens with zero attached hydrogens (tertiary/aromatic N) is 3. The fourth-order valence-corrected chi connectivity index (χ4v) is 6.39. The topological polar surface area (TPSA) is 92.6 Å². The minimum absolute atomic E-state index is 0.0959. The van der Waals surface area contributed by atoms with Crippen LogP contribution < -0.4 is 0 Å². The van der Waals surface area contributed by atoms with Gasteiger partial charge < -0.3 is 14.7 Å². The number of rotatable bonds is 3. The molecule has 2 heterocycles. The first-order valence-corrected chi connectivity index (χ1v) is 10.5. The van der Waals surface area contributed by atoms with Gasteiger partial charge in [0.1, 0.15) is 11.9 Å². The predicted octanol–water partition coefficient (Wildman–Crippen LogP) is 3.34. The Morgan fingerprint density at radius 3 is 2.50 bits per heavy atom. The van der Waals surface area contributed by atoms with Crippen molar-refractivity contribution in [3.8, 4) is 0 Å². The van der Waals surface area contributed by atoms with E-state index < -0.39 is 11.4 Å². The molecule has 1 N–H and O–H groups in total. The number of likely N-dealkylation sites (tertiary alicyclic amines) is 1. The van der Waals surface area contributed by atoms with E-state index in [2.05, 4.69) is 9.97 Å². The third-order valence-corrected chi connectivity index (χ3v) is 7.52. The SMILES string of the molecule is O=C(OC1C2CC3C[C@H]1CC(C(=O)O)(C3)C2)N1CCC(c2ncc(Cl)cn2)C1. The minimum Gasteiger partial charge on any atom is -0.481 e. The summed E-state index contributed by atoms with van der Waals surface area (Å²) in [4.78, 5) is 34.9. The van der Waals surface area contributed by atoms with E-state index in [1.165, 1.54) is 0 Å². The number of carbonyl (C=O) groups is 2. The summed E-state index contributed by atoms with van der Waals surface area (Å²) in [5.74, 6) is 0.980. The number of carboxylic acid groups (broad SMARTS) is 1. The molecule has 5 unspecified atom stereocenters. The van der Waals surface area contributed by atoms with Gasteiger partial charge in [0.15, 0.2) is 0 Å². The average molecular weight is 406 g/mol. The van der Waals surface area contributed by atoms with Crippen LogP contribution in [0.5, 0.6) is 0 Å². The third-order valence-electron chi connectivity index (χ3n) is 7.33. The summed E-state index contributed by atoms with van der Waals surface area (Å²) in [7, 11) is 0. The maximum absolute atomic E-state index is 12.8. The zero-order chi connectivity index (χ0) is 19.5. The van der Waals surface area contributed by atoms with E-state index in [1.54, 1.807) is 17.3 Å². The van der Waals surface area contributed by atoms with Gasteiger partial charge in [-0.25, -0.2) is 14.8 Å². The van der Waals surface area contributed by atoms with Crippen molar-refractivity contribution in [2.24, 2.45) is 23.2 Å². The lowest BCUT2D eigenvalue weighted by Gasteiger charge is -2.57. The lowest BCUT2D eigenvalue weighted by atomic mass is 9.48. The Balaban J connectivity index is 1.23. The Labute approximate surface area is 168 Å². The number of halogens is 1. The number of ether oxygens (including phenoxy) is 1. The van der Waals surface area contributed by atoms with Crippen molar-refractivity contribution in [1.29, 1.82) is 0 Å². The van der Waals surface area contributed by atoms with Crippen molar-refractivity contribution in [2.75, 3.05) is 13.1 Å². The maximum Gasteiger partial charge on any atom is 0.410 e. The second-order valence-corrected chi connectivity index (χ2v) is 9.53. The highest BCUT2D eigenvalue weighted by Crippen LogP contribution is 2.60. The normalized spacial score (nSPS) is 38.6. The van der Waals surface area contributed by atoms with Gasteiger partial charge in [0.2, 0.25) is 0 Å². The largest absolute Gasteiger partial charge is 0.481 e. The number of hydrogen-bond acceptors (Lipinski definition) is 5. The van der Waals surface area contributed by atoms with E-state index in [4.69, 9.17) is 16.3 Å². The van der Waals surface area contributed by atoms with Crippen LogP contribution in [-0.4, -0.2) is 51.2 Å². The van der Waals surface area contributed by atoms with Crippen molar-refractivity contribution in [1.82, 2.24) is 14.9 Å². The van der Waals surface area contributed by atoms with Gasteiger partial charge in [-0.3, -0.25) is 4.79 Å². The molecule has 7 nitrogen and oxygen atoms in total. The molecule has 5 aliphatic rings. The van der Waals surface area contributed by atoms with Crippen LogP contribution in [-0.2, 0) is 9.53 Å². The molecule has 1 aromatic heterocycles. The summed E-state index contributed by atoms with van der Waals surface area (Å²) in [6.07, 6.45) is 7.62. The van der Waals surface area contributed by atoms with E-state index in [9.17, 15) is 14.7 Å². The van der Waals surface area contributed by atoms with E-state index >= 15 is 0 Å². The fraction of sp³-hybridized carbons (Fsp3) is 0.700. The maximum atomic E-state index is 12.8. The van der Waals surface area contributed by atoms with Gasteiger partial charge in [-0.05, 0) is 56.3 Å². The molecule has 0 spiro atoms. The number of aromatic nitrogens is 2. The third kappa shape index (κ3) is 2.95. The highest BCUT2D eigenvalue weighted by molar-refractivity contribution is 6.30. The Morgan fingerprint density at radius 2 is 1.86 bits per heavy atom. The predicted molar refractivity (Wildman–Crippen MR) is 99.9 cm³/mol. The van der Waals surface area contributed by atoms with Crippen LogP contribution in [0.15, 0.2) is 12.4 Å². The lowest BCUT2D eigenvalue weighted by Crippen LogP contribution is -2.57. The molecule has 6 atom stereocenters. The van der Waals surface area contributed by atoms with Gasteiger partial charge in [0.25, 0.3) is 0 Å². The molecule has 6 rings (SSSR count). The van der Waals surface area contributed by atoms with Gasteiger partial charge >= 0.3 is 12.1 Å². The van der Waals surface area contributed by atoms with Crippen LogP contribution in [0.3, 0.4) is 0 Å². The van der Waals surface area contributed by atoms with E-state index in [0.29, 0.717) is 42.7 Å². The van der Waals surface area contributed by atoms with Crippen molar-refractivity contribution in [3.05, 3.63) is 23.2 Å². The van der Waals surface area contributed by atoms with Crippen LogP contribution in [0.25, 0.3) is 0 Å². The molecule has 1 saturated heterocycles. The molecule has 5 fully saturated rings. The van der Waals surface area contributed by atoms with Gasteiger partial charge in [0, 0.05) is 31.4 Å². The van der Waals surface area contributed by atoms with Crippen molar-refractivity contribution >= 4 is 23.7 Å². The van der Waals surface area contributed by atoms with Gasteiger partial charge in [-0.15, -0.1) is 0 Å². The van der Waals surface area contributed by atoms with Gasteiger partial charge in [0.05, 0.1) is 10.4 Å². The lowest BCUT2D eigenvalue weighted by molar-refractivity contribution is -0.179. The second-order valence-electron chi connectivity index (χ2n) is 9.09. The van der Waals surface area contributed by atoms with Crippen LogP contribution in [0.4, 0.5) is 4.79 Å². The second kappa shape index (κ2) is 6.58. The Kier molecular flexibility index (Phi) is 4.27. The van der Waals surface area contributed by atoms with Crippen LogP contribution in [0, 0.1) is 23.2 Å². The summed E-state index contributed by atoms with van der Waals surface area (Å²) in [5.41, 5.74) is -0.579. The highest BCUT2D eigenvalue weighted by atomic mass is 35.5. The molecule has 150 valence electrons. The fourth-order valence-electron chi connectivity index (χ4n) is 6.29. The number of carboxylic acids is 1. The first-order valence-electron chi connectivity index (χ1n) is 10.1. The van der Waals surface area contributed by atoms with Crippen molar-refractivity contribution in [3.63, 3.8) is 0 Å². The van der Waals surface area contributed by atoms with Crippen LogP contribution in [0.1, 0.15) is 50.3 Å². The number of carbonyl (C=O) groups excluding carboxylic acids is 1. The molecule has 28 heavy (non-hydrogen) atoms. The summed E-state index contributed by atoms with van der Waals surface area (Å²) in [6, 6.07) is 0. The van der Waals surface area contributed by atoms with Crippen LogP contribution >= 0.6 is 11.6 Å². The number of aliphatic carboxylic acids is 1. The summed E-state index contributed by atoms with van der Waals surface area (Å²) < 4.78 is 5.97. The molecular formula is C20H24ClN3O4. The van der Waals surface area contributed by atoms with Gasteiger partial charge in [-0.1, -0.05) is 11.6 Å².